The topological polar surface area (TPSA) is 126 Å². The average Bonchev–Trinajstić information content (AvgIpc) is 2.51. The zero-order valence-electron chi connectivity index (χ0n) is 14.8. The highest BCUT2D eigenvalue weighted by Crippen LogP contribution is 2.29. The maximum atomic E-state index is 11.6. The lowest BCUT2D eigenvalue weighted by atomic mass is 9.94. The van der Waals surface area contributed by atoms with Gasteiger partial charge >= 0.3 is 17.9 Å². The van der Waals surface area contributed by atoms with Gasteiger partial charge in [0.15, 0.2) is 18.5 Å². The third kappa shape index (κ3) is 5.98. The number of ether oxygens (including phenoxy) is 5. The molecule has 1 aliphatic rings. The van der Waals surface area contributed by atoms with Crippen LogP contribution in [0.5, 0.6) is 0 Å². The first kappa shape index (κ1) is 20.8. The highest BCUT2D eigenvalue weighted by molar-refractivity contribution is 5.74. The fourth-order valence-electron chi connectivity index (χ4n) is 2.57. The third-order valence-electron chi connectivity index (χ3n) is 3.45. The first-order valence-corrected chi connectivity index (χ1v) is 7.56. The molecule has 10 nitrogen and oxygen atoms in total. The Labute approximate surface area is 145 Å². The number of amides is 1. The van der Waals surface area contributed by atoms with E-state index in [-0.39, 0.29) is 6.42 Å². The van der Waals surface area contributed by atoms with Crippen LogP contribution in [0.3, 0.4) is 0 Å². The summed E-state index contributed by atoms with van der Waals surface area (Å²) in [5, 5.41) is 2.56. The Morgan fingerprint density at radius 1 is 0.960 bits per heavy atom. The lowest BCUT2D eigenvalue weighted by Gasteiger charge is -2.44. The van der Waals surface area contributed by atoms with Crippen LogP contribution < -0.4 is 5.32 Å². The van der Waals surface area contributed by atoms with Crippen molar-refractivity contribution in [3.8, 4) is 0 Å². The summed E-state index contributed by atoms with van der Waals surface area (Å²) >= 11 is 0. The van der Waals surface area contributed by atoms with Gasteiger partial charge in [-0.2, -0.15) is 0 Å². The standard InChI is InChI=1S/C15H23NO9/c1-7(17)16-12-14(24-9(3)19)13(23-8(2)18)10(6-11(20)21-4)25-15(12)22-5/h10,12-15H,6H2,1-5H3,(H,16,17). The number of nitrogens with one attached hydrogen (secondary N) is 1. The SMILES string of the molecule is COC(=O)CC1OC(OC)C(NC(C)=O)C(OC(C)=O)C1OC(C)=O. The summed E-state index contributed by atoms with van der Waals surface area (Å²) in [6, 6.07) is -0.940. The molecule has 10 heteroatoms. The van der Waals surface area contributed by atoms with Crippen LogP contribution >= 0.6 is 0 Å². The van der Waals surface area contributed by atoms with E-state index in [2.05, 4.69) is 10.1 Å². The number of rotatable bonds is 6. The minimum atomic E-state index is -1.14. The molecule has 0 aliphatic carbocycles. The highest BCUT2D eigenvalue weighted by Gasteiger charge is 2.51. The van der Waals surface area contributed by atoms with E-state index in [0.717, 1.165) is 6.92 Å². The predicted octanol–water partition coefficient (Wildman–Crippen LogP) is -0.711. The number of esters is 3. The minimum Gasteiger partial charge on any atom is -0.469 e. The second-order valence-corrected chi connectivity index (χ2v) is 5.43. The van der Waals surface area contributed by atoms with Crippen molar-refractivity contribution in [2.75, 3.05) is 14.2 Å². The number of carbonyl (C=O) groups excluding carboxylic acids is 4. The van der Waals surface area contributed by atoms with Gasteiger partial charge in [0.1, 0.15) is 12.1 Å². The van der Waals surface area contributed by atoms with Crippen LogP contribution in [-0.2, 0) is 42.9 Å². The monoisotopic (exact) mass is 361 g/mol. The normalized spacial score (nSPS) is 28.6. The van der Waals surface area contributed by atoms with E-state index in [0.29, 0.717) is 0 Å². The van der Waals surface area contributed by atoms with Crippen molar-refractivity contribution in [2.24, 2.45) is 0 Å². The average molecular weight is 361 g/mol. The Kier molecular flexibility index (Phi) is 7.78. The van der Waals surface area contributed by atoms with Gasteiger partial charge in [0.2, 0.25) is 5.91 Å². The van der Waals surface area contributed by atoms with Crippen LogP contribution in [0.4, 0.5) is 0 Å². The molecule has 1 rings (SSSR count). The van der Waals surface area contributed by atoms with E-state index in [4.69, 9.17) is 18.9 Å². The molecule has 1 heterocycles. The number of methoxy groups -OCH3 is 2. The zero-order valence-corrected chi connectivity index (χ0v) is 14.8. The van der Waals surface area contributed by atoms with Crippen molar-refractivity contribution in [3.63, 3.8) is 0 Å². The number of hydrogen-bond acceptors (Lipinski definition) is 9. The summed E-state index contributed by atoms with van der Waals surface area (Å²) in [5.41, 5.74) is 0. The van der Waals surface area contributed by atoms with Gasteiger partial charge in [0.05, 0.1) is 13.5 Å². The maximum Gasteiger partial charge on any atom is 0.308 e. The first-order valence-electron chi connectivity index (χ1n) is 7.56. The summed E-state index contributed by atoms with van der Waals surface area (Å²) in [6.07, 6.45) is -4.54. The molecule has 0 aromatic heterocycles. The molecule has 1 fully saturated rings. The molecule has 5 unspecified atom stereocenters. The van der Waals surface area contributed by atoms with Crippen LogP contribution in [0.1, 0.15) is 27.2 Å². The molecular weight excluding hydrogens is 338 g/mol. The van der Waals surface area contributed by atoms with Crippen molar-refractivity contribution < 1.29 is 42.9 Å². The van der Waals surface area contributed by atoms with Gasteiger partial charge in [0.25, 0.3) is 0 Å². The number of hydrogen-bond donors (Lipinski definition) is 1. The summed E-state index contributed by atoms with van der Waals surface area (Å²) in [4.78, 5) is 46.1. The summed E-state index contributed by atoms with van der Waals surface area (Å²) < 4.78 is 25.9. The van der Waals surface area contributed by atoms with Gasteiger partial charge in [-0.15, -0.1) is 0 Å². The van der Waals surface area contributed by atoms with Crippen LogP contribution in [0, 0.1) is 0 Å². The van der Waals surface area contributed by atoms with E-state index in [9.17, 15) is 19.2 Å². The Morgan fingerprint density at radius 2 is 1.52 bits per heavy atom. The molecule has 142 valence electrons. The molecule has 0 radical (unpaired) electrons. The van der Waals surface area contributed by atoms with Crippen LogP contribution in [0.25, 0.3) is 0 Å². The molecule has 25 heavy (non-hydrogen) atoms. The van der Waals surface area contributed by atoms with Crippen molar-refractivity contribution >= 4 is 23.8 Å². The van der Waals surface area contributed by atoms with Crippen LogP contribution in [-0.4, -0.2) is 68.7 Å². The van der Waals surface area contributed by atoms with Gasteiger partial charge in [-0.25, -0.2) is 0 Å². The lowest BCUT2D eigenvalue weighted by Crippen LogP contribution is -2.65. The molecule has 0 saturated carbocycles. The molecule has 0 aromatic carbocycles. The smallest absolute Gasteiger partial charge is 0.308 e. The van der Waals surface area contributed by atoms with Crippen molar-refractivity contribution in [3.05, 3.63) is 0 Å². The second kappa shape index (κ2) is 9.33. The second-order valence-electron chi connectivity index (χ2n) is 5.43. The Bertz CT molecular complexity index is 521. The zero-order chi connectivity index (χ0) is 19.1. The fourth-order valence-corrected chi connectivity index (χ4v) is 2.57. The van der Waals surface area contributed by atoms with E-state index in [1.165, 1.54) is 28.1 Å². The van der Waals surface area contributed by atoms with Gasteiger partial charge in [-0.3, -0.25) is 19.2 Å². The van der Waals surface area contributed by atoms with Gasteiger partial charge in [-0.1, -0.05) is 0 Å². The third-order valence-corrected chi connectivity index (χ3v) is 3.45. The maximum absolute atomic E-state index is 11.6. The summed E-state index contributed by atoms with van der Waals surface area (Å²) in [5.74, 6) is -2.37. The highest BCUT2D eigenvalue weighted by atomic mass is 16.7. The Hall–Kier alpha value is -2.20. The molecule has 0 aromatic rings. The molecule has 1 amide bonds. The summed E-state index contributed by atoms with van der Waals surface area (Å²) in [6.45, 7) is 3.59. The van der Waals surface area contributed by atoms with Crippen LogP contribution in [0.2, 0.25) is 0 Å². The lowest BCUT2D eigenvalue weighted by molar-refractivity contribution is -0.266. The Morgan fingerprint density at radius 3 is 1.96 bits per heavy atom. The molecule has 1 N–H and O–H groups in total. The Balaban J connectivity index is 3.23. The van der Waals surface area contributed by atoms with E-state index >= 15 is 0 Å². The quantitative estimate of drug-likeness (QED) is 0.482. The largest absolute Gasteiger partial charge is 0.469 e. The van der Waals surface area contributed by atoms with Crippen molar-refractivity contribution in [2.45, 2.75) is 57.8 Å². The van der Waals surface area contributed by atoms with Crippen molar-refractivity contribution in [1.82, 2.24) is 5.32 Å². The van der Waals surface area contributed by atoms with Crippen molar-refractivity contribution in [1.29, 1.82) is 0 Å². The molecule has 0 spiro atoms. The number of carbonyl (C=O) groups is 4. The molecule has 1 aliphatic heterocycles. The van der Waals surface area contributed by atoms with E-state index in [1.807, 2.05) is 0 Å². The van der Waals surface area contributed by atoms with Crippen LogP contribution in [0.15, 0.2) is 0 Å². The van der Waals surface area contributed by atoms with Gasteiger partial charge < -0.3 is 29.0 Å². The van der Waals surface area contributed by atoms with Gasteiger partial charge in [0, 0.05) is 27.9 Å². The van der Waals surface area contributed by atoms with E-state index < -0.39 is 54.5 Å². The molecular formula is C15H23NO9. The molecule has 0 bridgehead atoms. The molecule has 1 saturated heterocycles. The first-order chi connectivity index (χ1) is 11.7. The van der Waals surface area contributed by atoms with Gasteiger partial charge in [-0.05, 0) is 0 Å². The molecule has 5 atom stereocenters. The minimum absolute atomic E-state index is 0.265. The fraction of sp³-hybridized carbons (Fsp3) is 0.733. The predicted molar refractivity (Wildman–Crippen MR) is 81.0 cm³/mol. The summed E-state index contributed by atoms with van der Waals surface area (Å²) in [7, 11) is 2.52. The van der Waals surface area contributed by atoms with E-state index in [1.54, 1.807) is 0 Å².